The normalized spacial score (nSPS) is 12.3. The van der Waals surface area contributed by atoms with Crippen molar-refractivity contribution in [3.63, 3.8) is 0 Å². The van der Waals surface area contributed by atoms with Crippen LogP contribution in [0.4, 0.5) is 0 Å². The highest BCUT2D eigenvalue weighted by molar-refractivity contribution is 5.73. The van der Waals surface area contributed by atoms with Crippen molar-refractivity contribution < 1.29 is 49.5 Å². The number of carboxylic acid groups (broad SMARTS) is 5. The summed E-state index contributed by atoms with van der Waals surface area (Å²) in [5.74, 6) is -5.91. The first-order valence-electron chi connectivity index (χ1n) is 11.6. The fourth-order valence-electron chi connectivity index (χ4n) is 3.89. The smallest absolute Gasteiger partial charge is 0.317 e. The van der Waals surface area contributed by atoms with E-state index in [1.165, 1.54) is 9.80 Å². The molecule has 0 aliphatic rings. The van der Waals surface area contributed by atoms with Crippen molar-refractivity contribution >= 4 is 29.8 Å². The minimum absolute atomic E-state index is 0.0381. The van der Waals surface area contributed by atoms with E-state index in [0.717, 1.165) is 16.0 Å². The lowest BCUT2D eigenvalue weighted by Crippen LogP contribution is -2.51. The van der Waals surface area contributed by atoms with Gasteiger partial charge in [0.2, 0.25) is 0 Å². The molecule has 1 aromatic carbocycles. The van der Waals surface area contributed by atoms with E-state index in [2.05, 4.69) is 0 Å². The van der Waals surface area contributed by atoms with Gasteiger partial charge in [-0.05, 0) is 23.5 Å². The number of rotatable bonds is 19. The maximum absolute atomic E-state index is 11.5. The highest BCUT2D eigenvalue weighted by Crippen LogP contribution is 2.17. The maximum atomic E-state index is 11.5. The molecule has 0 bridgehead atoms. The Hall–Kier alpha value is -3.55. The molecule has 0 aliphatic carbocycles. The van der Waals surface area contributed by atoms with E-state index in [0.29, 0.717) is 0 Å². The second-order valence-corrected chi connectivity index (χ2v) is 9.07. The number of carbonyl (C=O) groups is 5. The Bertz CT molecular complexity index is 903. The van der Waals surface area contributed by atoms with Gasteiger partial charge in [-0.15, -0.1) is 0 Å². The largest absolute Gasteiger partial charge is 0.480 e. The highest BCUT2D eigenvalue weighted by atomic mass is 16.4. The summed E-state index contributed by atoms with van der Waals surface area (Å²) >= 11 is 0. The van der Waals surface area contributed by atoms with Crippen molar-refractivity contribution in [3.05, 3.63) is 35.4 Å². The summed E-state index contributed by atoms with van der Waals surface area (Å²) in [6, 6.07) is 6.82. The number of benzene rings is 1. The Morgan fingerprint density at radius 3 is 1.46 bits per heavy atom. The van der Waals surface area contributed by atoms with Gasteiger partial charge in [0.15, 0.2) is 0 Å². The van der Waals surface area contributed by atoms with Crippen LogP contribution in [0, 0.1) is 0 Å². The Balaban J connectivity index is 3.23. The van der Waals surface area contributed by atoms with Crippen LogP contribution < -0.4 is 0 Å². The molecule has 0 aromatic heterocycles. The van der Waals surface area contributed by atoms with Gasteiger partial charge in [-0.25, -0.2) is 0 Å². The van der Waals surface area contributed by atoms with E-state index in [4.69, 9.17) is 10.2 Å². The molecule has 0 radical (unpaired) electrons. The molecular weight excluding hydrogens is 490 g/mol. The van der Waals surface area contributed by atoms with E-state index in [-0.39, 0.29) is 32.0 Å². The van der Waals surface area contributed by atoms with E-state index in [1.54, 1.807) is 0 Å². The van der Waals surface area contributed by atoms with Crippen LogP contribution in [0.15, 0.2) is 24.3 Å². The summed E-state index contributed by atoms with van der Waals surface area (Å²) in [6.07, 6.45) is 0.225. The zero-order chi connectivity index (χ0) is 28.1. The molecule has 1 atom stereocenters. The molecule has 0 heterocycles. The lowest BCUT2D eigenvalue weighted by molar-refractivity contribution is -0.144. The van der Waals surface area contributed by atoms with Crippen LogP contribution in [-0.4, -0.2) is 128 Å². The van der Waals surface area contributed by atoms with E-state index in [1.807, 2.05) is 38.1 Å². The van der Waals surface area contributed by atoms with Crippen LogP contribution in [0.1, 0.15) is 30.9 Å². The first-order valence-corrected chi connectivity index (χ1v) is 11.6. The molecule has 0 saturated carbocycles. The Morgan fingerprint density at radius 2 is 1.05 bits per heavy atom. The molecule has 0 amide bonds. The Morgan fingerprint density at radius 1 is 0.649 bits per heavy atom. The first-order chi connectivity index (χ1) is 17.3. The van der Waals surface area contributed by atoms with Gasteiger partial charge in [0.25, 0.3) is 0 Å². The summed E-state index contributed by atoms with van der Waals surface area (Å²) in [7, 11) is 0. The van der Waals surface area contributed by atoms with Gasteiger partial charge in [0, 0.05) is 25.7 Å². The predicted octanol–water partition coefficient (Wildman–Crippen LogP) is 0.0501. The van der Waals surface area contributed by atoms with Crippen molar-refractivity contribution in [1.29, 1.82) is 0 Å². The minimum atomic E-state index is -1.25. The molecule has 0 spiro atoms. The quantitative estimate of drug-likeness (QED) is 0.163. The summed E-state index contributed by atoms with van der Waals surface area (Å²) in [5, 5.41) is 46.3. The summed E-state index contributed by atoms with van der Waals surface area (Å²) in [5.41, 5.74) is 1.88. The molecule has 1 rings (SSSR count). The summed E-state index contributed by atoms with van der Waals surface area (Å²) in [4.78, 5) is 60.5. The second-order valence-electron chi connectivity index (χ2n) is 9.07. The van der Waals surface area contributed by atoms with Crippen LogP contribution in [0.25, 0.3) is 0 Å². The van der Waals surface area contributed by atoms with Crippen LogP contribution in [-0.2, 0) is 30.4 Å². The molecule has 0 saturated heterocycles. The lowest BCUT2D eigenvalue weighted by atomic mass is 9.98. The fourth-order valence-corrected chi connectivity index (χ4v) is 3.89. The standard InChI is InChI=1S/C24H35N3O10/c1-16(2)18-5-3-17(4-6-18)9-19(27(14-23(34)35)15-24(36)37)10-25(11-20(28)29)7-8-26(12-21(30)31)13-22(32)33/h3-6,16,19H,7-15H2,1-2H3,(H,28,29)(H,30,31)(H,32,33)(H,34,35)(H,36,37)/t19-/m1/s1. The molecule has 37 heavy (non-hydrogen) atoms. The van der Waals surface area contributed by atoms with Crippen LogP contribution in [0.5, 0.6) is 0 Å². The van der Waals surface area contributed by atoms with E-state index < -0.39 is 68.6 Å². The van der Waals surface area contributed by atoms with Crippen molar-refractivity contribution in [2.75, 3.05) is 52.4 Å². The molecule has 0 unspecified atom stereocenters. The topological polar surface area (TPSA) is 196 Å². The first kappa shape index (κ1) is 31.5. The van der Waals surface area contributed by atoms with Crippen LogP contribution in [0.3, 0.4) is 0 Å². The lowest BCUT2D eigenvalue weighted by Gasteiger charge is -2.34. The Kier molecular flexibility index (Phi) is 13.2. The van der Waals surface area contributed by atoms with E-state index in [9.17, 15) is 39.3 Å². The molecule has 13 nitrogen and oxygen atoms in total. The van der Waals surface area contributed by atoms with Crippen molar-refractivity contribution in [1.82, 2.24) is 14.7 Å². The predicted molar refractivity (Wildman–Crippen MR) is 131 cm³/mol. The molecule has 0 fully saturated rings. The molecule has 0 aliphatic heterocycles. The van der Waals surface area contributed by atoms with Gasteiger partial charge in [-0.2, -0.15) is 0 Å². The number of hydrogen-bond donors (Lipinski definition) is 5. The fraction of sp³-hybridized carbons (Fsp3) is 0.542. The number of aliphatic carboxylic acids is 5. The highest BCUT2D eigenvalue weighted by Gasteiger charge is 2.27. The molecular formula is C24H35N3O10. The second kappa shape index (κ2) is 15.5. The third-order valence-electron chi connectivity index (χ3n) is 5.59. The molecule has 1 aromatic rings. The Labute approximate surface area is 214 Å². The number of nitrogens with zero attached hydrogens (tertiary/aromatic N) is 3. The van der Waals surface area contributed by atoms with Crippen LogP contribution >= 0.6 is 0 Å². The molecule has 206 valence electrons. The van der Waals surface area contributed by atoms with Gasteiger partial charge in [0.1, 0.15) is 0 Å². The number of carboxylic acids is 5. The van der Waals surface area contributed by atoms with Crippen LogP contribution in [0.2, 0.25) is 0 Å². The third-order valence-corrected chi connectivity index (χ3v) is 5.59. The maximum Gasteiger partial charge on any atom is 0.317 e. The van der Waals surface area contributed by atoms with Gasteiger partial charge in [-0.1, -0.05) is 38.1 Å². The third kappa shape index (κ3) is 13.4. The van der Waals surface area contributed by atoms with Gasteiger partial charge < -0.3 is 25.5 Å². The zero-order valence-corrected chi connectivity index (χ0v) is 20.9. The van der Waals surface area contributed by atoms with Crippen molar-refractivity contribution in [3.8, 4) is 0 Å². The molecule has 13 heteroatoms. The average Bonchev–Trinajstić information content (AvgIpc) is 2.75. The van der Waals surface area contributed by atoms with Gasteiger partial charge >= 0.3 is 29.8 Å². The SMILES string of the molecule is CC(C)c1ccc(C[C@H](CN(CCN(CC(=O)O)CC(=O)O)CC(=O)O)N(CC(=O)O)CC(=O)O)cc1. The van der Waals surface area contributed by atoms with Gasteiger partial charge in [0.05, 0.1) is 32.7 Å². The van der Waals surface area contributed by atoms with Crippen molar-refractivity contribution in [2.45, 2.75) is 32.2 Å². The van der Waals surface area contributed by atoms with Gasteiger partial charge in [-0.3, -0.25) is 38.7 Å². The molecule has 5 N–H and O–H groups in total. The minimum Gasteiger partial charge on any atom is -0.480 e. The summed E-state index contributed by atoms with van der Waals surface area (Å²) in [6.45, 7) is 1.08. The average molecular weight is 526 g/mol. The summed E-state index contributed by atoms with van der Waals surface area (Å²) < 4.78 is 0. The monoisotopic (exact) mass is 525 g/mol. The van der Waals surface area contributed by atoms with Crippen molar-refractivity contribution in [2.24, 2.45) is 0 Å². The van der Waals surface area contributed by atoms with E-state index >= 15 is 0 Å². The number of hydrogen-bond acceptors (Lipinski definition) is 8. The zero-order valence-electron chi connectivity index (χ0n) is 20.9.